The van der Waals surface area contributed by atoms with Crippen molar-refractivity contribution in [2.75, 3.05) is 18.5 Å². The fourth-order valence-corrected chi connectivity index (χ4v) is 4.53. The summed E-state index contributed by atoms with van der Waals surface area (Å²) in [5.74, 6) is 1.83. The van der Waals surface area contributed by atoms with E-state index < -0.39 is 0 Å². The van der Waals surface area contributed by atoms with E-state index in [1.54, 1.807) is 23.1 Å². The normalized spacial score (nSPS) is 17.4. The van der Waals surface area contributed by atoms with E-state index >= 15 is 0 Å². The lowest BCUT2D eigenvalue weighted by Crippen LogP contribution is -2.18. The fourth-order valence-electron chi connectivity index (χ4n) is 2.29. The van der Waals surface area contributed by atoms with Gasteiger partial charge in [0.05, 0.1) is 16.7 Å². The van der Waals surface area contributed by atoms with Crippen molar-refractivity contribution >= 4 is 39.6 Å². The van der Waals surface area contributed by atoms with Crippen molar-refractivity contribution in [1.82, 2.24) is 20.3 Å². The molecule has 4 heterocycles. The van der Waals surface area contributed by atoms with Crippen LogP contribution in [0.5, 0.6) is 0 Å². The molecule has 0 aliphatic carbocycles. The highest BCUT2D eigenvalue weighted by molar-refractivity contribution is 8.00. The Labute approximate surface area is 150 Å². The highest BCUT2D eigenvalue weighted by atomic mass is 32.2. The van der Waals surface area contributed by atoms with E-state index in [4.69, 9.17) is 9.26 Å². The summed E-state index contributed by atoms with van der Waals surface area (Å²) in [6.45, 7) is 1.65. The van der Waals surface area contributed by atoms with Crippen molar-refractivity contribution < 1.29 is 9.26 Å². The van der Waals surface area contributed by atoms with E-state index in [9.17, 15) is 0 Å². The number of hydrogen-bond donors (Lipinski definition) is 1. The first-order chi connectivity index (χ1) is 11.9. The second-order valence-electron chi connectivity index (χ2n) is 5.17. The van der Waals surface area contributed by atoms with Gasteiger partial charge in [0.25, 0.3) is 5.89 Å². The maximum Gasteiger partial charge on any atom is 0.268 e. The molecule has 1 aliphatic heterocycles. The van der Waals surface area contributed by atoms with Crippen LogP contribution in [0.25, 0.3) is 10.8 Å². The van der Waals surface area contributed by atoms with E-state index in [-0.39, 0.29) is 0 Å². The van der Waals surface area contributed by atoms with Gasteiger partial charge in [0, 0.05) is 13.2 Å². The third kappa shape index (κ3) is 3.94. The lowest BCUT2D eigenvalue weighted by atomic mass is 10.2. The third-order valence-corrected chi connectivity index (χ3v) is 6.30. The van der Waals surface area contributed by atoms with Gasteiger partial charge in [-0.1, -0.05) is 34.3 Å². The lowest BCUT2D eigenvalue weighted by Gasteiger charge is -2.08. The Hall–Kier alpha value is -1.49. The molecular weight excluding hydrogens is 366 g/mol. The molecule has 0 bridgehead atoms. The quantitative estimate of drug-likeness (QED) is 0.622. The van der Waals surface area contributed by atoms with Gasteiger partial charge in [-0.25, -0.2) is 0 Å². The zero-order valence-electron chi connectivity index (χ0n) is 12.7. The molecule has 4 rings (SSSR count). The van der Waals surface area contributed by atoms with Gasteiger partial charge in [-0.05, 0) is 24.3 Å². The molecule has 126 valence electrons. The summed E-state index contributed by atoms with van der Waals surface area (Å²) in [7, 11) is 0. The first kappa shape index (κ1) is 16.0. The molecule has 1 atom stereocenters. The summed E-state index contributed by atoms with van der Waals surface area (Å²) < 4.78 is 11.7. The summed E-state index contributed by atoms with van der Waals surface area (Å²) in [5, 5.41) is 18.4. The Bertz CT molecular complexity index is 767. The first-order valence-electron chi connectivity index (χ1n) is 7.55. The number of thioether (sulfide) groups is 1. The molecule has 1 N–H and O–H groups in total. The van der Waals surface area contributed by atoms with Gasteiger partial charge in [0.2, 0.25) is 5.13 Å². The van der Waals surface area contributed by atoms with Crippen LogP contribution in [-0.2, 0) is 10.5 Å². The zero-order chi connectivity index (χ0) is 16.2. The van der Waals surface area contributed by atoms with Crippen LogP contribution < -0.4 is 5.32 Å². The van der Waals surface area contributed by atoms with E-state index in [0.29, 0.717) is 23.6 Å². The predicted molar refractivity (Wildman–Crippen MR) is 94.5 cm³/mol. The van der Waals surface area contributed by atoms with Crippen molar-refractivity contribution in [3.63, 3.8) is 0 Å². The fraction of sp³-hybridized carbons (Fsp3) is 0.429. The average molecular weight is 382 g/mol. The van der Waals surface area contributed by atoms with Crippen molar-refractivity contribution in [2.45, 2.75) is 29.0 Å². The lowest BCUT2D eigenvalue weighted by molar-refractivity contribution is 0.120. The van der Waals surface area contributed by atoms with Gasteiger partial charge in [0.15, 0.2) is 10.2 Å². The average Bonchev–Trinajstić information content (AvgIpc) is 3.40. The molecule has 3 aromatic rings. The van der Waals surface area contributed by atoms with E-state index in [0.717, 1.165) is 40.3 Å². The standard InChI is InChI=1S/C14H15N5O2S3/c1-3-9(20-5-1)7-15-13-17-18-14(24-13)23-8-11-16-12(21-19-11)10-4-2-6-22-10/h2,4,6,9H,1,3,5,7-8H2,(H,15,17). The number of thiophene rings is 1. The Kier molecular flexibility index (Phi) is 5.07. The SMILES string of the molecule is c1csc(-c2nc(CSc3nnc(NCC4CCCO4)s3)no2)c1. The molecule has 3 aromatic heterocycles. The molecule has 0 amide bonds. The van der Waals surface area contributed by atoms with Gasteiger partial charge >= 0.3 is 0 Å². The number of hydrogen-bond acceptors (Lipinski definition) is 10. The highest BCUT2D eigenvalue weighted by Crippen LogP contribution is 2.29. The minimum absolute atomic E-state index is 0.292. The summed E-state index contributed by atoms with van der Waals surface area (Å²) in [6.07, 6.45) is 2.54. The van der Waals surface area contributed by atoms with Crippen LogP contribution in [-0.4, -0.2) is 39.6 Å². The molecular formula is C14H15N5O2S3. The molecule has 0 spiro atoms. The molecule has 0 saturated carbocycles. The molecule has 1 fully saturated rings. The number of ether oxygens (including phenoxy) is 1. The summed E-state index contributed by atoms with van der Waals surface area (Å²) >= 11 is 4.67. The van der Waals surface area contributed by atoms with Crippen molar-refractivity contribution in [3.8, 4) is 10.8 Å². The van der Waals surface area contributed by atoms with Crippen LogP contribution in [0.1, 0.15) is 18.7 Å². The van der Waals surface area contributed by atoms with Crippen molar-refractivity contribution in [2.24, 2.45) is 0 Å². The number of rotatable bonds is 7. The second-order valence-corrected chi connectivity index (χ2v) is 8.32. The van der Waals surface area contributed by atoms with E-state index in [1.165, 1.54) is 11.3 Å². The van der Waals surface area contributed by atoms with Crippen LogP contribution >= 0.6 is 34.4 Å². The molecule has 1 saturated heterocycles. The van der Waals surface area contributed by atoms with E-state index in [2.05, 4.69) is 25.7 Å². The number of anilines is 1. The minimum Gasteiger partial charge on any atom is -0.376 e. The topological polar surface area (TPSA) is 86.0 Å². The Morgan fingerprint density at radius 2 is 2.38 bits per heavy atom. The molecule has 10 heteroatoms. The predicted octanol–water partition coefficient (Wildman–Crippen LogP) is 3.53. The molecule has 7 nitrogen and oxygen atoms in total. The zero-order valence-corrected chi connectivity index (χ0v) is 15.1. The second kappa shape index (κ2) is 7.60. The van der Waals surface area contributed by atoms with Crippen LogP contribution in [0.3, 0.4) is 0 Å². The summed E-state index contributed by atoms with van der Waals surface area (Å²) in [5.41, 5.74) is 0. The van der Waals surface area contributed by atoms with Crippen molar-refractivity contribution in [3.05, 3.63) is 23.3 Å². The third-order valence-electron chi connectivity index (χ3n) is 3.44. The number of nitrogens with zero attached hydrogens (tertiary/aromatic N) is 4. The summed E-state index contributed by atoms with van der Waals surface area (Å²) in [6, 6.07) is 3.93. The van der Waals surface area contributed by atoms with Gasteiger partial charge in [-0.3, -0.25) is 0 Å². The molecule has 1 aliphatic rings. The molecule has 0 aromatic carbocycles. The smallest absolute Gasteiger partial charge is 0.268 e. The van der Waals surface area contributed by atoms with Crippen LogP contribution in [0.2, 0.25) is 0 Å². The van der Waals surface area contributed by atoms with Crippen LogP contribution in [0.4, 0.5) is 5.13 Å². The monoisotopic (exact) mass is 381 g/mol. The number of aromatic nitrogens is 4. The summed E-state index contributed by atoms with van der Waals surface area (Å²) in [4.78, 5) is 5.38. The Balaban J connectivity index is 1.28. The van der Waals surface area contributed by atoms with Crippen molar-refractivity contribution in [1.29, 1.82) is 0 Å². The highest BCUT2D eigenvalue weighted by Gasteiger charge is 2.16. The maximum absolute atomic E-state index is 5.58. The minimum atomic E-state index is 0.292. The van der Waals surface area contributed by atoms with Gasteiger partial charge in [-0.15, -0.1) is 21.5 Å². The first-order valence-corrected chi connectivity index (χ1v) is 10.2. The van der Waals surface area contributed by atoms with E-state index in [1.807, 2.05) is 17.5 Å². The van der Waals surface area contributed by atoms with Crippen LogP contribution in [0, 0.1) is 0 Å². The molecule has 24 heavy (non-hydrogen) atoms. The number of nitrogens with one attached hydrogen (secondary N) is 1. The molecule has 1 unspecified atom stereocenters. The van der Waals surface area contributed by atoms with Crippen LogP contribution in [0.15, 0.2) is 26.4 Å². The van der Waals surface area contributed by atoms with Gasteiger partial charge in [0.1, 0.15) is 0 Å². The largest absolute Gasteiger partial charge is 0.376 e. The van der Waals surface area contributed by atoms with Gasteiger partial charge < -0.3 is 14.6 Å². The maximum atomic E-state index is 5.58. The Morgan fingerprint density at radius 3 is 3.21 bits per heavy atom. The van der Waals surface area contributed by atoms with Gasteiger partial charge in [-0.2, -0.15) is 4.98 Å². The Morgan fingerprint density at radius 1 is 1.38 bits per heavy atom. The molecule has 0 radical (unpaired) electrons.